The molecule has 0 fully saturated rings. The van der Waals surface area contributed by atoms with Crippen LogP contribution >= 0.6 is 0 Å². The first-order valence-electron chi connectivity index (χ1n) is 3.92. The van der Waals surface area contributed by atoms with Gasteiger partial charge in [0.05, 0.1) is 13.3 Å². The van der Waals surface area contributed by atoms with Crippen LogP contribution in [0.25, 0.3) is 0 Å². The van der Waals surface area contributed by atoms with E-state index in [0.29, 0.717) is 19.4 Å². The highest BCUT2D eigenvalue weighted by Crippen LogP contribution is 2.06. The molecule has 0 spiro atoms. The zero-order valence-corrected chi connectivity index (χ0v) is 7.10. The maximum atomic E-state index is 11.9. The number of esters is 1. The van der Waals surface area contributed by atoms with Gasteiger partial charge in [-0.2, -0.15) is 0 Å². The standard InChI is InChI=1S/C8H15FO2/c1-3-11-8(10)5-4-7(2)6-9/h7H,3-6H2,1-2H3. The van der Waals surface area contributed by atoms with Gasteiger partial charge in [0.25, 0.3) is 0 Å². The van der Waals surface area contributed by atoms with Crippen molar-refractivity contribution in [3.63, 3.8) is 0 Å². The van der Waals surface area contributed by atoms with Gasteiger partial charge in [-0.05, 0) is 19.3 Å². The molecule has 11 heavy (non-hydrogen) atoms. The molecule has 0 amide bonds. The number of halogens is 1. The van der Waals surface area contributed by atoms with Crippen LogP contribution in [-0.2, 0) is 9.53 Å². The summed E-state index contributed by atoms with van der Waals surface area (Å²) in [7, 11) is 0. The molecule has 0 rings (SSSR count). The van der Waals surface area contributed by atoms with Gasteiger partial charge in [-0.3, -0.25) is 9.18 Å². The van der Waals surface area contributed by atoms with Crippen LogP contribution in [0, 0.1) is 5.92 Å². The molecule has 1 atom stereocenters. The Morgan fingerprint density at radius 1 is 1.64 bits per heavy atom. The Balaban J connectivity index is 3.30. The van der Waals surface area contributed by atoms with E-state index in [1.165, 1.54) is 0 Å². The summed E-state index contributed by atoms with van der Waals surface area (Å²) in [5.74, 6) is -0.257. The minimum atomic E-state index is -0.362. The summed E-state index contributed by atoms with van der Waals surface area (Å²) in [5.41, 5.74) is 0. The van der Waals surface area contributed by atoms with E-state index in [-0.39, 0.29) is 18.6 Å². The van der Waals surface area contributed by atoms with Crippen LogP contribution in [0.1, 0.15) is 26.7 Å². The second-order valence-electron chi connectivity index (χ2n) is 2.60. The Hall–Kier alpha value is -0.600. The van der Waals surface area contributed by atoms with E-state index in [1.54, 1.807) is 13.8 Å². The number of hydrogen-bond acceptors (Lipinski definition) is 2. The third-order valence-corrected chi connectivity index (χ3v) is 1.41. The molecule has 0 aromatic carbocycles. The van der Waals surface area contributed by atoms with E-state index < -0.39 is 0 Å². The molecule has 3 heteroatoms. The first kappa shape index (κ1) is 10.4. The van der Waals surface area contributed by atoms with Crippen molar-refractivity contribution in [1.82, 2.24) is 0 Å². The molecule has 1 unspecified atom stereocenters. The molecule has 66 valence electrons. The molecule has 0 bridgehead atoms. The molecular formula is C8H15FO2. The van der Waals surface area contributed by atoms with E-state index in [1.807, 2.05) is 0 Å². The third-order valence-electron chi connectivity index (χ3n) is 1.41. The normalized spacial score (nSPS) is 12.6. The van der Waals surface area contributed by atoms with Crippen LogP contribution in [0.5, 0.6) is 0 Å². The van der Waals surface area contributed by atoms with Crippen molar-refractivity contribution >= 4 is 5.97 Å². The number of carbonyl (C=O) groups excluding carboxylic acids is 1. The molecule has 0 radical (unpaired) electrons. The van der Waals surface area contributed by atoms with Crippen molar-refractivity contribution < 1.29 is 13.9 Å². The van der Waals surface area contributed by atoms with Crippen LogP contribution < -0.4 is 0 Å². The monoisotopic (exact) mass is 162 g/mol. The van der Waals surface area contributed by atoms with Gasteiger partial charge in [0.1, 0.15) is 0 Å². The predicted molar refractivity (Wildman–Crippen MR) is 41.0 cm³/mol. The number of ether oxygens (including phenoxy) is 1. The Kier molecular flexibility index (Phi) is 5.80. The topological polar surface area (TPSA) is 26.3 Å². The van der Waals surface area contributed by atoms with Gasteiger partial charge in [0.15, 0.2) is 0 Å². The van der Waals surface area contributed by atoms with Gasteiger partial charge in [-0.1, -0.05) is 6.92 Å². The second kappa shape index (κ2) is 6.13. The quantitative estimate of drug-likeness (QED) is 0.577. The maximum absolute atomic E-state index is 11.9. The molecule has 0 saturated heterocycles. The first-order chi connectivity index (χ1) is 5.20. The summed E-state index contributed by atoms with van der Waals surface area (Å²) in [6, 6.07) is 0. The first-order valence-corrected chi connectivity index (χ1v) is 3.92. The van der Waals surface area contributed by atoms with Gasteiger partial charge in [0.2, 0.25) is 0 Å². The Labute approximate surface area is 66.7 Å². The van der Waals surface area contributed by atoms with Crippen molar-refractivity contribution in [1.29, 1.82) is 0 Å². The average molecular weight is 162 g/mol. The number of alkyl halides is 1. The highest BCUT2D eigenvalue weighted by Gasteiger charge is 2.05. The summed E-state index contributed by atoms with van der Waals surface area (Å²) >= 11 is 0. The van der Waals surface area contributed by atoms with Crippen LogP contribution in [0.15, 0.2) is 0 Å². The smallest absolute Gasteiger partial charge is 0.305 e. The highest BCUT2D eigenvalue weighted by molar-refractivity contribution is 5.69. The summed E-state index contributed by atoms with van der Waals surface area (Å²) in [6.45, 7) is 3.58. The van der Waals surface area contributed by atoms with Gasteiger partial charge in [-0.15, -0.1) is 0 Å². The van der Waals surface area contributed by atoms with E-state index >= 15 is 0 Å². The summed E-state index contributed by atoms with van der Waals surface area (Å²) < 4.78 is 16.5. The molecule has 0 aromatic rings. The lowest BCUT2D eigenvalue weighted by Crippen LogP contribution is -2.07. The van der Waals surface area contributed by atoms with E-state index in [9.17, 15) is 9.18 Å². The second-order valence-corrected chi connectivity index (χ2v) is 2.60. The SMILES string of the molecule is CCOC(=O)CCC(C)CF. The van der Waals surface area contributed by atoms with E-state index in [2.05, 4.69) is 4.74 Å². The van der Waals surface area contributed by atoms with Crippen LogP contribution in [0.4, 0.5) is 4.39 Å². The van der Waals surface area contributed by atoms with Gasteiger partial charge in [-0.25, -0.2) is 0 Å². The zero-order chi connectivity index (χ0) is 8.69. The van der Waals surface area contributed by atoms with Gasteiger partial charge >= 0.3 is 5.97 Å². The fourth-order valence-electron chi connectivity index (χ4n) is 0.675. The third kappa shape index (κ3) is 5.83. The molecule has 0 aliphatic rings. The van der Waals surface area contributed by atoms with Crippen molar-refractivity contribution in [2.45, 2.75) is 26.7 Å². The largest absolute Gasteiger partial charge is 0.466 e. The van der Waals surface area contributed by atoms with E-state index in [0.717, 1.165) is 0 Å². The summed E-state index contributed by atoms with van der Waals surface area (Å²) in [5, 5.41) is 0. The fraction of sp³-hybridized carbons (Fsp3) is 0.875. The molecule has 2 nitrogen and oxygen atoms in total. The lowest BCUT2D eigenvalue weighted by Gasteiger charge is -2.04. The van der Waals surface area contributed by atoms with E-state index in [4.69, 9.17) is 0 Å². The molecule has 0 aliphatic carbocycles. The molecule has 0 aliphatic heterocycles. The van der Waals surface area contributed by atoms with Crippen LogP contribution in [0.3, 0.4) is 0 Å². The number of hydrogen-bond donors (Lipinski definition) is 0. The minimum absolute atomic E-state index is 0.0283. The van der Waals surface area contributed by atoms with Gasteiger partial charge < -0.3 is 4.74 Å². The zero-order valence-electron chi connectivity index (χ0n) is 7.10. The number of carbonyl (C=O) groups is 1. The summed E-state index contributed by atoms with van der Waals surface area (Å²) in [4.78, 5) is 10.7. The summed E-state index contributed by atoms with van der Waals surface area (Å²) in [6.07, 6.45) is 0.911. The Morgan fingerprint density at radius 2 is 2.27 bits per heavy atom. The average Bonchev–Trinajstić information content (AvgIpc) is 2.01. The van der Waals surface area contributed by atoms with Crippen molar-refractivity contribution in [2.24, 2.45) is 5.92 Å². The number of rotatable bonds is 5. The molecule has 0 heterocycles. The Morgan fingerprint density at radius 3 is 2.73 bits per heavy atom. The molecule has 0 N–H and O–H groups in total. The van der Waals surface area contributed by atoms with Crippen LogP contribution in [0.2, 0.25) is 0 Å². The van der Waals surface area contributed by atoms with Gasteiger partial charge in [0, 0.05) is 6.42 Å². The molecule has 0 saturated carbocycles. The molecule has 0 aromatic heterocycles. The van der Waals surface area contributed by atoms with Crippen molar-refractivity contribution in [3.05, 3.63) is 0 Å². The Bertz CT molecular complexity index is 115. The minimum Gasteiger partial charge on any atom is -0.466 e. The fourth-order valence-corrected chi connectivity index (χ4v) is 0.675. The predicted octanol–water partition coefficient (Wildman–Crippen LogP) is 1.94. The lowest BCUT2D eigenvalue weighted by molar-refractivity contribution is -0.143. The lowest BCUT2D eigenvalue weighted by atomic mass is 10.1. The highest BCUT2D eigenvalue weighted by atomic mass is 19.1. The van der Waals surface area contributed by atoms with Crippen molar-refractivity contribution in [2.75, 3.05) is 13.3 Å². The maximum Gasteiger partial charge on any atom is 0.305 e. The van der Waals surface area contributed by atoms with Crippen molar-refractivity contribution in [3.8, 4) is 0 Å². The van der Waals surface area contributed by atoms with Crippen LogP contribution in [-0.4, -0.2) is 19.3 Å². The molecular weight excluding hydrogens is 147 g/mol.